The van der Waals surface area contributed by atoms with Crippen LogP contribution in [-0.2, 0) is 9.84 Å². The molecule has 1 aliphatic rings. The third kappa shape index (κ3) is 8.49. The SMILES string of the molecule is CN=C(NCC(C)(C)CCS(C)(=O)=O)N1CCN(c2cc(Cl)ccc2C)CC1.I. The molecule has 0 aliphatic carbocycles. The van der Waals surface area contributed by atoms with Crippen LogP contribution in [0, 0.1) is 12.3 Å². The topological polar surface area (TPSA) is 65.0 Å². The van der Waals surface area contributed by atoms with Crippen molar-refractivity contribution in [3.63, 3.8) is 0 Å². The third-order valence-corrected chi connectivity index (χ3v) is 6.36. The molecule has 1 fully saturated rings. The smallest absolute Gasteiger partial charge is 0.193 e. The van der Waals surface area contributed by atoms with Crippen LogP contribution in [0.2, 0.25) is 5.02 Å². The molecule has 1 heterocycles. The van der Waals surface area contributed by atoms with Crippen molar-refractivity contribution in [1.82, 2.24) is 10.2 Å². The highest BCUT2D eigenvalue weighted by Gasteiger charge is 2.24. The van der Waals surface area contributed by atoms with Crippen molar-refractivity contribution in [2.75, 3.05) is 56.7 Å². The molecule has 6 nitrogen and oxygen atoms in total. The molecule has 0 saturated carbocycles. The van der Waals surface area contributed by atoms with Gasteiger partial charge in [-0.05, 0) is 36.5 Å². The van der Waals surface area contributed by atoms with Crippen LogP contribution in [0.5, 0.6) is 0 Å². The molecule has 0 radical (unpaired) electrons. The van der Waals surface area contributed by atoms with Crippen molar-refractivity contribution in [3.05, 3.63) is 28.8 Å². The number of piperazine rings is 1. The molecule has 0 aromatic heterocycles. The van der Waals surface area contributed by atoms with Crippen LogP contribution in [0.15, 0.2) is 23.2 Å². The van der Waals surface area contributed by atoms with Crippen molar-refractivity contribution < 1.29 is 8.42 Å². The zero-order valence-corrected chi connectivity index (χ0v) is 21.9. The second-order valence-electron chi connectivity index (χ2n) is 8.35. The minimum Gasteiger partial charge on any atom is -0.368 e. The van der Waals surface area contributed by atoms with E-state index in [0.29, 0.717) is 13.0 Å². The highest BCUT2D eigenvalue weighted by atomic mass is 127. The fraction of sp³-hybridized carbons (Fsp3) is 0.650. The van der Waals surface area contributed by atoms with E-state index in [2.05, 4.69) is 46.9 Å². The standard InChI is InChI=1S/C20H33ClN4O2S.HI/c1-16-6-7-17(21)14-18(16)24-9-11-25(12-10-24)19(22-4)23-15-20(2,3)8-13-28(5,26)27;/h6-7,14H,8-13,15H2,1-5H3,(H,22,23);1H. The van der Waals surface area contributed by atoms with Gasteiger partial charge in [0.2, 0.25) is 0 Å². The van der Waals surface area contributed by atoms with Crippen molar-refractivity contribution in [2.45, 2.75) is 27.2 Å². The lowest BCUT2D eigenvalue weighted by Crippen LogP contribution is -2.53. The molecular formula is C20H34ClIN4O2S. The molecule has 1 aromatic carbocycles. The van der Waals surface area contributed by atoms with Gasteiger partial charge in [0, 0.05) is 56.7 Å². The van der Waals surface area contributed by atoms with E-state index in [1.165, 1.54) is 17.5 Å². The highest BCUT2D eigenvalue weighted by Crippen LogP contribution is 2.25. The van der Waals surface area contributed by atoms with Crippen LogP contribution in [0.1, 0.15) is 25.8 Å². The van der Waals surface area contributed by atoms with Gasteiger partial charge in [-0.25, -0.2) is 8.42 Å². The Labute approximate surface area is 198 Å². The number of aryl methyl sites for hydroxylation is 1. The molecule has 1 N–H and O–H groups in total. The van der Waals surface area contributed by atoms with Crippen molar-refractivity contribution in [3.8, 4) is 0 Å². The van der Waals surface area contributed by atoms with E-state index >= 15 is 0 Å². The summed E-state index contributed by atoms with van der Waals surface area (Å²) in [5.41, 5.74) is 2.30. The van der Waals surface area contributed by atoms with Gasteiger partial charge in [-0.2, -0.15) is 0 Å². The molecular weight excluding hydrogens is 523 g/mol. The number of rotatable bonds is 6. The quantitative estimate of drug-likeness (QED) is 0.331. The Kier molecular flexibility index (Phi) is 10.0. The number of benzene rings is 1. The Balaban J connectivity index is 0.00000420. The summed E-state index contributed by atoms with van der Waals surface area (Å²) in [5.74, 6) is 1.08. The summed E-state index contributed by atoms with van der Waals surface area (Å²) in [6.07, 6.45) is 1.91. The molecule has 0 bridgehead atoms. The summed E-state index contributed by atoms with van der Waals surface area (Å²) >= 11 is 6.17. The zero-order valence-electron chi connectivity index (χ0n) is 18.0. The molecule has 1 aromatic rings. The number of hydrogen-bond acceptors (Lipinski definition) is 4. The van der Waals surface area contributed by atoms with E-state index in [9.17, 15) is 8.42 Å². The summed E-state index contributed by atoms with van der Waals surface area (Å²) in [5, 5.41) is 4.19. The molecule has 1 saturated heterocycles. The molecule has 0 unspecified atom stereocenters. The largest absolute Gasteiger partial charge is 0.368 e. The lowest BCUT2D eigenvalue weighted by molar-refractivity contribution is 0.327. The van der Waals surface area contributed by atoms with E-state index in [1.807, 2.05) is 12.1 Å². The lowest BCUT2D eigenvalue weighted by atomic mass is 9.90. The van der Waals surface area contributed by atoms with Gasteiger partial charge in [0.25, 0.3) is 0 Å². The Morgan fingerprint density at radius 1 is 1.24 bits per heavy atom. The molecule has 0 amide bonds. The van der Waals surface area contributed by atoms with Crippen molar-refractivity contribution in [1.29, 1.82) is 0 Å². The minimum atomic E-state index is -2.94. The maximum absolute atomic E-state index is 11.4. The number of halogens is 2. The van der Waals surface area contributed by atoms with Gasteiger partial charge in [-0.1, -0.05) is 31.5 Å². The second-order valence-corrected chi connectivity index (χ2v) is 11.0. The first kappa shape index (κ1) is 26.3. The Morgan fingerprint density at radius 3 is 2.41 bits per heavy atom. The first-order chi connectivity index (χ1) is 13.0. The number of aliphatic imine (C=N–C) groups is 1. The van der Waals surface area contributed by atoms with Gasteiger partial charge < -0.3 is 15.1 Å². The maximum Gasteiger partial charge on any atom is 0.193 e. The minimum absolute atomic E-state index is 0. The number of hydrogen-bond donors (Lipinski definition) is 1. The fourth-order valence-electron chi connectivity index (χ4n) is 3.28. The van der Waals surface area contributed by atoms with Crippen molar-refractivity contribution in [2.24, 2.45) is 10.4 Å². The molecule has 0 spiro atoms. The fourth-order valence-corrected chi connectivity index (χ4v) is 4.37. The van der Waals surface area contributed by atoms with Crippen LogP contribution in [0.4, 0.5) is 5.69 Å². The first-order valence-corrected chi connectivity index (χ1v) is 12.1. The van der Waals surface area contributed by atoms with Crippen LogP contribution in [0.3, 0.4) is 0 Å². The summed E-state index contributed by atoms with van der Waals surface area (Å²) in [7, 11) is -1.15. The normalized spacial score (nSPS) is 15.9. The third-order valence-electron chi connectivity index (χ3n) is 5.18. The lowest BCUT2D eigenvalue weighted by Gasteiger charge is -2.39. The summed E-state index contributed by atoms with van der Waals surface area (Å²) < 4.78 is 22.9. The van der Waals surface area contributed by atoms with Gasteiger partial charge >= 0.3 is 0 Å². The van der Waals surface area contributed by atoms with E-state index in [0.717, 1.165) is 37.2 Å². The van der Waals surface area contributed by atoms with Crippen LogP contribution >= 0.6 is 35.6 Å². The van der Waals surface area contributed by atoms with Crippen LogP contribution in [-0.4, -0.2) is 71.1 Å². The summed E-state index contributed by atoms with van der Waals surface area (Å²) in [6.45, 7) is 10.5. The molecule has 9 heteroatoms. The predicted molar refractivity (Wildman–Crippen MR) is 135 cm³/mol. The van der Waals surface area contributed by atoms with Gasteiger partial charge in [-0.3, -0.25) is 4.99 Å². The Bertz CT molecular complexity index is 807. The molecule has 0 atom stereocenters. The predicted octanol–water partition coefficient (Wildman–Crippen LogP) is 3.42. The van der Waals surface area contributed by atoms with Gasteiger partial charge in [0.1, 0.15) is 9.84 Å². The van der Waals surface area contributed by atoms with Gasteiger partial charge in [0.05, 0.1) is 5.75 Å². The summed E-state index contributed by atoms with van der Waals surface area (Å²) in [6, 6.07) is 6.01. The molecule has 166 valence electrons. The van der Waals surface area contributed by atoms with E-state index in [4.69, 9.17) is 11.6 Å². The van der Waals surface area contributed by atoms with E-state index in [-0.39, 0.29) is 35.1 Å². The number of nitrogens with zero attached hydrogens (tertiary/aromatic N) is 3. The Hall–Kier alpha value is -0.740. The Morgan fingerprint density at radius 2 is 1.86 bits per heavy atom. The average Bonchev–Trinajstić information content (AvgIpc) is 2.63. The maximum atomic E-state index is 11.4. The zero-order chi connectivity index (χ0) is 20.9. The second kappa shape index (κ2) is 11.0. The van der Waals surface area contributed by atoms with Crippen LogP contribution in [0.25, 0.3) is 0 Å². The number of guanidine groups is 1. The first-order valence-electron chi connectivity index (χ1n) is 9.65. The average molecular weight is 557 g/mol. The molecule has 1 aliphatic heterocycles. The number of nitrogens with one attached hydrogen (secondary N) is 1. The number of anilines is 1. The van der Waals surface area contributed by atoms with Gasteiger partial charge in [0.15, 0.2) is 5.96 Å². The van der Waals surface area contributed by atoms with Gasteiger partial charge in [-0.15, -0.1) is 24.0 Å². The van der Waals surface area contributed by atoms with Crippen LogP contribution < -0.4 is 10.2 Å². The monoisotopic (exact) mass is 556 g/mol. The molecule has 29 heavy (non-hydrogen) atoms. The number of sulfone groups is 1. The van der Waals surface area contributed by atoms with Crippen molar-refractivity contribution >= 4 is 57.1 Å². The molecule has 2 rings (SSSR count). The summed E-state index contributed by atoms with van der Waals surface area (Å²) in [4.78, 5) is 9.04. The highest BCUT2D eigenvalue weighted by molar-refractivity contribution is 14.0. The van der Waals surface area contributed by atoms with E-state index < -0.39 is 9.84 Å². The van der Waals surface area contributed by atoms with E-state index in [1.54, 1.807) is 7.05 Å².